The van der Waals surface area contributed by atoms with E-state index in [1.165, 1.54) is 0 Å². The van der Waals surface area contributed by atoms with E-state index in [4.69, 9.17) is 5.11 Å². The number of hydrogen-bond acceptors (Lipinski definition) is 3. The first-order chi connectivity index (χ1) is 9.47. The van der Waals surface area contributed by atoms with Gasteiger partial charge in [-0.1, -0.05) is 0 Å². The summed E-state index contributed by atoms with van der Waals surface area (Å²) in [7, 11) is 0. The second-order valence-electron chi connectivity index (χ2n) is 5.51. The van der Waals surface area contributed by atoms with Crippen molar-refractivity contribution in [2.75, 3.05) is 13.1 Å². The number of aliphatic carboxylic acids is 1. The molecular formula is C14H21N3O3. The molecule has 1 aliphatic heterocycles. The molecule has 0 unspecified atom stereocenters. The highest BCUT2D eigenvalue weighted by atomic mass is 16.4. The van der Waals surface area contributed by atoms with Gasteiger partial charge in [0.05, 0.1) is 12.1 Å². The fourth-order valence-electron chi connectivity index (χ4n) is 2.73. The zero-order chi connectivity index (χ0) is 14.7. The summed E-state index contributed by atoms with van der Waals surface area (Å²) in [6.45, 7) is 5.13. The van der Waals surface area contributed by atoms with E-state index >= 15 is 0 Å². The van der Waals surface area contributed by atoms with Crippen LogP contribution in [0.1, 0.15) is 36.2 Å². The molecule has 2 heterocycles. The molecule has 0 spiro atoms. The van der Waals surface area contributed by atoms with E-state index in [2.05, 4.69) is 10.2 Å². The first-order valence-corrected chi connectivity index (χ1v) is 6.97. The lowest BCUT2D eigenvalue weighted by atomic mass is 9.93. The van der Waals surface area contributed by atoms with Crippen molar-refractivity contribution in [3.63, 3.8) is 0 Å². The number of hydrogen-bond donors (Lipinski definition) is 2. The van der Waals surface area contributed by atoms with Gasteiger partial charge in [0.25, 0.3) is 0 Å². The number of likely N-dealkylation sites (tertiary alicyclic amines) is 1. The van der Waals surface area contributed by atoms with Crippen LogP contribution < -0.4 is 0 Å². The average molecular weight is 279 g/mol. The first-order valence-electron chi connectivity index (χ1n) is 6.97. The minimum absolute atomic E-state index is 0.103. The highest BCUT2D eigenvalue weighted by Gasteiger charge is 2.25. The standard InChI is InChI=1S/C14H21N3O3/c1-9-12(10(2)16-15-9)8-13(18)17-5-3-11(4-6-17)7-14(19)20/h11H,3-8H2,1-2H3,(H,15,16)(H,19,20). The van der Waals surface area contributed by atoms with Crippen LogP contribution in [0.2, 0.25) is 0 Å². The smallest absolute Gasteiger partial charge is 0.303 e. The van der Waals surface area contributed by atoms with Crippen LogP contribution in [0, 0.1) is 19.8 Å². The molecule has 6 nitrogen and oxygen atoms in total. The molecule has 0 aromatic carbocycles. The van der Waals surface area contributed by atoms with Crippen molar-refractivity contribution >= 4 is 11.9 Å². The fourth-order valence-corrected chi connectivity index (χ4v) is 2.73. The molecule has 0 saturated carbocycles. The Morgan fingerprint density at radius 2 is 2.00 bits per heavy atom. The number of nitrogens with one attached hydrogen (secondary N) is 1. The van der Waals surface area contributed by atoms with E-state index in [0.717, 1.165) is 29.8 Å². The molecule has 0 atom stereocenters. The molecule has 2 rings (SSSR count). The van der Waals surface area contributed by atoms with Crippen LogP contribution in [0.3, 0.4) is 0 Å². The van der Waals surface area contributed by atoms with Crippen LogP contribution in [0.15, 0.2) is 0 Å². The van der Waals surface area contributed by atoms with E-state index in [-0.39, 0.29) is 18.2 Å². The fraction of sp³-hybridized carbons (Fsp3) is 0.643. The Bertz CT molecular complexity index is 482. The van der Waals surface area contributed by atoms with E-state index in [9.17, 15) is 9.59 Å². The Morgan fingerprint density at radius 1 is 1.35 bits per heavy atom. The van der Waals surface area contributed by atoms with Gasteiger partial charge in [0.1, 0.15) is 0 Å². The van der Waals surface area contributed by atoms with Crippen molar-refractivity contribution in [2.45, 2.75) is 39.5 Å². The number of H-pyrrole nitrogens is 1. The van der Waals surface area contributed by atoms with E-state index in [1.54, 1.807) is 0 Å². The summed E-state index contributed by atoms with van der Waals surface area (Å²) in [6, 6.07) is 0. The summed E-state index contributed by atoms with van der Waals surface area (Å²) in [5.41, 5.74) is 2.79. The number of rotatable bonds is 4. The molecular weight excluding hydrogens is 258 g/mol. The quantitative estimate of drug-likeness (QED) is 0.869. The second-order valence-corrected chi connectivity index (χ2v) is 5.51. The molecule has 110 valence electrons. The molecule has 1 amide bonds. The third-order valence-electron chi connectivity index (χ3n) is 4.04. The Hall–Kier alpha value is -1.85. The van der Waals surface area contributed by atoms with E-state index < -0.39 is 5.97 Å². The molecule has 0 bridgehead atoms. The van der Waals surface area contributed by atoms with E-state index in [0.29, 0.717) is 19.5 Å². The Labute approximate surface area is 118 Å². The number of piperidine rings is 1. The number of aromatic nitrogens is 2. The molecule has 6 heteroatoms. The topological polar surface area (TPSA) is 86.3 Å². The Kier molecular flexibility index (Phi) is 4.42. The average Bonchev–Trinajstić information content (AvgIpc) is 2.70. The molecule has 2 N–H and O–H groups in total. The van der Waals surface area contributed by atoms with Gasteiger partial charge in [-0.2, -0.15) is 5.10 Å². The van der Waals surface area contributed by atoms with Crippen molar-refractivity contribution in [3.05, 3.63) is 17.0 Å². The number of carboxylic acid groups (broad SMARTS) is 1. The number of nitrogens with zero attached hydrogens (tertiary/aromatic N) is 2. The predicted octanol–water partition coefficient (Wildman–Crippen LogP) is 1.28. The largest absolute Gasteiger partial charge is 0.481 e. The van der Waals surface area contributed by atoms with Crippen molar-refractivity contribution < 1.29 is 14.7 Å². The summed E-state index contributed by atoms with van der Waals surface area (Å²) in [4.78, 5) is 24.8. The van der Waals surface area contributed by atoms with Crippen molar-refractivity contribution in [3.8, 4) is 0 Å². The SMILES string of the molecule is Cc1n[nH]c(C)c1CC(=O)N1CCC(CC(=O)O)CC1. The number of carbonyl (C=O) groups excluding carboxylic acids is 1. The summed E-state index contributed by atoms with van der Waals surface area (Å²) >= 11 is 0. The lowest BCUT2D eigenvalue weighted by Gasteiger charge is -2.31. The van der Waals surface area contributed by atoms with E-state index in [1.807, 2.05) is 18.7 Å². The lowest BCUT2D eigenvalue weighted by molar-refractivity contribution is -0.138. The molecule has 0 aliphatic carbocycles. The third-order valence-corrected chi connectivity index (χ3v) is 4.04. The Balaban J connectivity index is 1.88. The highest BCUT2D eigenvalue weighted by Crippen LogP contribution is 2.21. The maximum atomic E-state index is 12.3. The van der Waals surface area contributed by atoms with Gasteiger partial charge in [-0.3, -0.25) is 14.7 Å². The van der Waals surface area contributed by atoms with Gasteiger partial charge >= 0.3 is 5.97 Å². The van der Waals surface area contributed by atoms with Crippen LogP contribution in [0.25, 0.3) is 0 Å². The molecule has 0 radical (unpaired) electrons. The summed E-state index contributed by atoms with van der Waals surface area (Å²) < 4.78 is 0. The number of aromatic amines is 1. The lowest BCUT2D eigenvalue weighted by Crippen LogP contribution is -2.39. The highest BCUT2D eigenvalue weighted by molar-refractivity contribution is 5.79. The molecule has 1 saturated heterocycles. The second kappa shape index (κ2) is 6.07. The van der Waals surface area contributed by atoms with Crippen LogP contribution in [0.4, 0.5) is 0 Å². The minimum Gasteiger partial charge on any atom is -0.481 e. The molecule has 1 aliphatic rings. The van der Waals surface area contributed by atoms with Crippen LogP contribution in [0.5, 0.6) is 0 Å². The summed E-state index contributed by atoms with van der Waals surface area (Å²) in [6.07, 6.45) is 2.14. The maximum Gasteiger partial charge on any atom is 0.303 e. The van der Waals surface area contributed by atoms with Gasteiger partial charge in [-0.15, -0.1) is 0 Å². The van der Waals surface area contributed by atoms with Gasteiger partial charge in [0, 0.05) is 30.8 Å². The number of amides is 1. The van der Waals surface area contributed by atoms with Gasteiger partial charge in [-0.25, -0.2) is 0 Å². The molecule has 1 fully saturated rings. The number of carbonyl (C=O) groups is 2. The zero-order valence-electron chi connectivity index (χ0n) is 12.0. The minimum atomic E-state index is -0.751. The Morgan fingerprint density at radius 3 is 2.50 bits per heavy atom. The van der Waals surface area contributed by atoms with Crippen molar-refractivity contribution in [1.82, 2.24) is 15.1 Å². The van der Waals surface area contributed by atoms with Crippen molar-refractivity contribution in [1.29, 1.82) is 0 Å². The summed E-state index contributed by atoms with van der Waals surface area (Å²) in [5.74, 6) is -0.445. The first kappa shape index (κ1) is 14.6. The third kappa shape index (κ3) is 3.37. The van der Waals surface area contributed by atoms with Crippen LogP contribution >= 0.6 is 0 Å². The van der Waals surface area contributed by atoms with Gasteiger partial charge in [0.15, 0.2) is 0 Å². The maximum absolute atomic E-state index is 12.3. The van der Waals surface area contributed by atoms with Crippen molar-refractivity contribution in [2.24, 2.45) is 5.92 Å². The normalized spacial score (nSPS) is 16.4. The molecule has 20 heavy (non-hydrogen) atoms. The number of aryl methyl sites for hydroxylation is 2. The van der Waals surface area contributed by atoms with Gasteiger partial charge in [-0.05, 0) is 32.6 Å². The van der Waals surface area contributed by atoms with Gasteiger partial charge in [0.2, 0.25) is 5.91 Å². The van der Waals surface area contributed by atoms with Gasteiger partial charge < -0.3 is 10.0 Å². The zero-order valence-corrected chi connectivity index (χ0v) is 12.0. The molecule has 1 aromatic heterocycles. The van der Waals surface area contributed by atoms with Crippen LogP contribution in [-0.4, -0.2) is 45.2 Å². The monoisotopic (exact) mass is 279 g/mol. The summed E-state index contributed by atoms with van der Waals surface area (Å²) in [5, 5.41) is 15.8. The molecule has 1 aromatic rings. The van der Waals surface area contributed by atoms with Crippen LogP contribution in [-0.2, 0) is 16.0 Å². The number of carboxylic acids is 1. The predicted molar refractivity (Wildman–Crippen MR) is 73.3 cm³/mol.